The van der Waals surface area contributed by atoms with Gasteiger partial charge in [-0.2, -0.15) is 5.26 Å². The van der Waals surface area contributed by atoms with E-state index in [0.29, 0.717) is 25.2 Å². The predicted octanol–water partition coefficient (Wildman–Crippen LogP) is 4.38. The van der Waals surface area contributed by atoms with Gasteiger partial charge in [-0.05, 0) is 51.0 Å². The molecule has 1 N–H and O–H groups in total. The van der Waals surface area contributed by atoms with Crippen LogP contribution in [0.3, 0.4) is 0 Å². The number of hydrogen-bond donors (Lipinski definition) is 1. The summed E-state index contributed by atoms with van der Waals surface area (Å²) in [5, 5.41) is 13.0. The number of para-hydroxylation sites is 2. The van der Waals surface area contributed by atoms with Crippen molar-refractivity contribution in [3.05, 3.63) is 59.7 Å². The van der Waals surface area contributed by atoms with E-state index in [4.69, 9.17) is 9.72 Å². The van der Waals surface area contributed by atoms with Crippen LogP contribution in [0, 0.1) is 11.3 Å². The van der Waals surface area contributed by atoms with Crippen LogP contribution in [0.2, 0.25) is 0 Å². The molecule has 1 aliphatic rings. The van der Waals surface area contributed by atoms with E-state index in [0.717, 1.165) is 29.0 Å². The molecule has 7 nitrogen and oxygen atoms in total. The first-order valence-corrected chi connectivity index (χ1v) is 10.5. The highest BCUT2D eigenvalue weighted by Crippen LogP contribution is 2.25. The highest BCUT2D eigenvalue weighted by Gasteiger charge is 2.30. The molecule has 0 aliphatic carbocycles. The Balaban J connectivity index is 1.57. The van der Waals surface area contributed by atoms with Crippen molar-refractivity contribution in [2.75, 3.05) is 18.4 Å². The molecule has 1 atom stereocenters. The van der Waals surface area contributed by atoms with Gasteiger partial charge in [0, 0.05) is 19.1 Å². The Morgan fingerprint density at radius 1 is 1.23 bits per heavy atom. The summed E-state index contributed by atoms with van der Waals surface area (Å²) in [6, 6.07) is 17.9. The first-order valence-electron chi connectivity index (χ1n) is 10.5. The first-order chi connectivity index (χ1) is 14.8. The molecule has 160 valence electrons. The molecule has 2 aromatic carbocycles. The van der Waals surface area contributed by atoms with Crippen molar-refractivity contribution in [1.82, 2.24) is 14.5 Å². The highest BCUT2D eigenvalue weighted by molar-refractivity contribution is 5.79. The first kappa shape index (κ1) is 20.7. The topological polar surface area (TPSA) is 83.2 Å². The van der Waals surface area contributed by atoms with Gasteiger partial charge in [-0.1, -0.05) is 30.3 Å². The van der Waals surface area contributed by atoms with E-state index in [1.165, 1.54) is 0 Å². The molecule has 1 unspecified atom stereocenters. The van der Waals surface area contributed by atoms with Crippen molar-refractivity contribution >= 4 is 23.1 Å². The van der Waals surface area contributed by atoms with Crippen molar-refractivity contribution in [2.24, 2.45) is 0 Å². The summed E-state index contributed by atoms with van der Waals surface area (Å²) in [6.45, 7) is 7.36. The van der Waals surface area contributed by atoms with Crippen LogP contribution in [-0.2, 0) is 11.3 Å². The summed E-state index contributed by atoms with van der Waals surface area (Å²) in [4.78, 5) is 18.9. The Hall–Kier alpha value is -3.53. The second-order valence-electron chi connectivity index (χ2n) is 8.84. The third-order valence-corrected chi connectivity index (χ3v) is 5.29. The van der Waals surface area contributed by atoms with Crippen LogP contribution >= 0.6 is 0 Å². The maximum absolute atomic E-state index is 12.4. The maximum Gasteiger partial charge on any atom is 0.410 e. The zero-order chi connectivity index (χ0) is 22.0. The minimum Gasteiger partial charge on any atom is -0.444 e. The van der Waals surface area contributed by atoms with Crippen LogP contribution in [0.4, 0.5) is 10.7 Å². The number of benzene rings is 2. The van der Waals surface area contributed by atoms with Crippen LogP contribution in [0.15, 0.2) is 48.5 Å². The molecule has 0 saturated carbocycles. The molecule has 4 rings (SSSR count). The molecule has 0 bridgehead atoms. The van der Waals surface area contributed by atoms with Gasteiger partial charge in [0.05, 0.1) is 29.2 Å². The fraction of sp³-hybridized carbons (Fsp3) is 0.375. The number of nitrogens with zero attached hydrogens (tertiary/aromatic N) is 4. The lowest BCUT2D eigenvalue weighted by molar-refractivity contribution is 0.0293. The molecule has 1 aromatic heterocycles. The molecule has 0 spiro atoms. The second kappa shape index (κ2) is 8.31. The zero-order valence-electron chi connectivity index (χ0n) is 18.1. The smallest absolute Gasteiger partial charge is 0.410 e. The molecule has 1 aliphatic heterocycles. The number of carbonyl (C=O) groups excluding carboxylic acids is 1. The van der Waals surface area contributed by atoms with Crippen LogP contribution in [0.1, 0.15) is 38.3 Å². The zero-order valence-corrected chi connectivity index (χ0v) is 18.1. The average molecular weight is 418 g/mol. The van der Waals surface area contributed by atoms with E-state index >= 15 is 0 Å². The number of amides is 1. The number of fused-ring (bicyclic) bond motifs is 1. The number of rotatable bonds is 4. The quantitative estimate of drug-likeness (QED) is 0.681. The van der Waals surface area contributed by atoms with Gasteiger partial charge < -0.3 is 19.5 Å². The van der Waals surface area contributed by atoms with E-state index < -0.39 is 5.60 Å². The lowest BCUT2D eigenvalue weighted by Gasteiger charge is -2.24. The fourth-order valence-corrected chi connectivity index (χ4v) is 3.84. The molecule has 0 radical (unpaired) electrons. The Kier molecular flexibility index (Phi) is 5.55. The van der Waals surface area contributed by atoms with Crippen molar-refractivity contribution in [3.63, 3.8) is 0 Å². The molecule has 31 heavy (non-hydrogen) atoms. The summed E-state index contributed by atoms with van der Waals surface area (Å²) < 4.78 is 7.60. The molecule has 7 heteroatoms. The van der Waals surface area contributed by atoms with Crippen molar-refractivity contribution in [1.29, 1.82) is 5.26 Å². The lowest BCUT2D eigenvalue weighted by atomic mass is 10.1. The van der Waals surface area contributed by atoms with E-state index in [1.54, 1.807) is 4.90 Å². The third kappa shape index (κ3) is 4.64. The van der Waals surface area contributed by atoms with Crippen molar-refractivity contribution in [2.45, 2.75) is 45.4 Å². The fourth-order valence-electron chi connectivity index (χ4n) is 3.84. The van der Waals surface area contributed by atoms with Gasteiger partial charge in [0.15, 0.2) is 0 Å². The minimum absolute atomic E-state index is 0.0780. The van der Waals surface area contributed by atoms with Crippen LogP contribution in [0.5, 0.6) is 0 Å². The van der Waals surface area contributed by atoms with E-state index in [1.807, 2.05) is 69.3 Å². The molecular weight excluding hydrogens is 390 g/mol. The Morgan fingerprint density at radius 3 is 2.74 bits per heavy atom. The van der Waals surface area contributed by atoms with Crippen LogP contribution < -0.4 is 5.32 Å². The number of nitrogens with one attached hydrogen (secondary N) is 1. The lowest BCUT2D eigenvalue weighted by Crippen LogP contribution is -2.36. The van der Waals surface area contributed by atoms with Crippen molar-refractivity contribution in [3.8, 4) is 6.07 Å². The van der Waals surface area contributed by atoms with E-state index in [2.05, 4.69) is 16.0 Å². The van der Waals surface area contributed by atoms with E-state index in [-0.39, 0.29) is 12.1 Å². The Bertz CT molecular complexity index is 1140. The van der Waals surface area contributed by atoms with Gasteiger partial charge in [-0.15, -0.1) is 0 Å². The predicted molar refractivity (Wildman–Crippen MR) is 120 cm³/mol. The number of aromatic nitrogens is 2. The number of imidazole rings is 1. The molecule has 1 amide bonds. The normalized spacial score (nSPS) is 16.3. The number of nitriles is 1. The number of anilines is 1. The largest absolute Gasteiger partial charge is 0.444 e. The standard InChI is InChI=1S/C24H27N5O2/c1-24(2,3)31-23(30)28-13-12-19(16-28)26-22-27-20-10-6-7-11-21(20)29(22)15-18-9-5-4-8-17(18)14-25/h4-11,19H,12-13,15-16H2,1-3H3,(H,26,27). The summed E-state index contributed by atoms with van der Waals surface area (Å²) >= 11 is 0. The molecule has 3 aromatic rings. The minimum atomic E-state index is -0.509. The van der Waals surface area contributed by atoms with Gasteiger partial charge in [0.25, 0.3) is 0 Å². The van der Waals surface area contributed by atoms with Gasteiger partial charge in [0.2, 0.25) is 5.95 Å². The van der Waals surface area contributed by atoms with E-state index in [9.17, 15) is 10.1 Å². The van der Waals surface area contributed by atoms with Crippen LogP contribution in [-0.4, -0.2) is 45.3 Å². The van der Waals surface area contributed by atoms with Gasteiger partial charge in [-0.25, -0.2) is 9.78 Å². The van der Waals surface area contributed by atoms with Gasteiger partial charge in [0.1, 0.15) is 5.60 Å². The average Bonchev–Trinajstić information content (AvgIpc) is 3.33. The summed E-state index contributed by atoms with van der Waals surface area (Å²) in [5.41, 5.74) is 2.98. The summed E-state index contributed by atoms with van der Waals surface area (Å²) in [7, 11) is 0. The highest BCUT2D eigenvalue weighted by atomic mass is 16.6. The molecule has 1 fully saturated rings. The Morgan fingerprint density at radius 2 is 1.97 bits per heavy atom. The second-order valence-corrected chi connectivity index (χ2v) is 8.84. The van der Waals surface area contributed by atoms with Crippen molar-refractivity contribution < 1.29 is 9.53 Å². The number of likely N-dealkylation sites (tertiary alicyclic amines) is 1. The van der Waals surface area contributed by atoms with Crippen LogP contribution in [0.25, 0.3) is 11.0 Å². The molecule has 2 heterocycles. The SMILES string of the molecule is CC(C)(C)OC(=O)N1CCC(Nc2nc3ccccc3n2Cc2ccccc2C#N)C1. The maximum atomic E-state index is 12.4. The monoisotopic (exact) mass is 417 g/mol. The summed E-state index contributed by atoms with van der Waals surface area (Å²) in [6.07, 6.45) is 0.533. The van der Waals surface area contributed by atoms with Gasteiger partial charge >= 0.3 is 6.09 Å². The molecular formula is C24H27N5O2. The number of ether oxygens (including phenoxy) is 1. The molecule has 1 saturated heterocycles. The summed E-state index contributed by atoms with van der Waals surface area (Å²) in [5.74, 6) is 0.741. The van der Waals surface area contributed by atoms with Gasteiger partial charge in [-0.3, -0.25) is 0 Å². The third-order valence-electron chi connectivity index (χ3n) is 5.29. The number of carbonyl (C=O) groups is 1. The number of hydrogen-bond acceptors (Lipinski definition) is 5. The Labute approximate surface area is 182 Å².